The zero-order chi connectivity index (χ0) is 13.9. The van der Waals surface area contributed by atoms with Gasteiger partial charge in [0.05, 0.1) is 5.69 Å². The number of nitrogens with one attached hydrogen (secondary N) is 1. The number of ether oxygens (including phenoxy) is 1. The topological polar surface area (TPSA) is 55.0 Å². The molecule has 1 N–H and O–H groups in total. The van der Waals surface area contributed by atoms with Gasteiger partial charge in [0.2, 0.25) is 0 Å². The lowest BCUT2D eigenvalue weighted by molar-refractivity contribution is -0.000475. The Morgan fingerprint density at radius 1 is 1.30 bits per heavy atom. The van der Waals surface area contributed by atoms with Crippen molar-refractivity contribution in [3.05, 3.63) is 27.9 Å². The Bertz CT molecular complexity index is 501. The first-order valence-corrected chi connectivity index (χ1v) is 8.00. The Morgan fingerprint density at radius 2 is 2.05 bits per heavy atom. The van der Waals surface area contributed by atoms with Crippen LogP contribution in [0, 0.1) is 5.92 Å². The van der Waals surface area contributed by atoms with Gasteiger partial charge in [-0.05, 0) is 38.5 Å². The molecule has 20 heavy (non-hydrogen) atoms. The SMILES string of the molecule is CCOC(c1nc(C2CC2)cc(=O)[nH]1)C1CCCCC1. The number of nitrogens with zero attached hydrogens (tertiary/aromatic N) is 1. The van der Waals surface area contributed by atoms with Gasteiger partial charge in [0.25, 0.3) is 5.56 Å². The van der Waals surface area contributed by atoms with Gasteiger partial charge in [-0.25, -0.2) is 4.98 Å². The fraction of sp³-hybridized carbons (Fsp3) is 0.750. The summed E-state index contributed by atoms with van der Waals surface area (Å²) >= 11 is 0. The van der Waals surface area contributed by atoms with Gasteiger partial charge in [0.1, 0.15) is 11.9 Å². The molecule has 1 atom stereocenters. The third kappa shape index (κ3) is 3.11. The maximum atomic E-state index is 11.9. The largest absolute Gasteiger partial charge is 0.370 e. The van der Waals surface area contributed by atoms with Crippen LogP contribution in [-0.4, -0.2) is 16.6 Å². The van der Waals surface area contributed by atoms with Crippen LogP contribution < -0.4 is 5.56 Å². The summed E-state index contributed by atoms with van der Waals surface area (Å²) in [5.74, 6) is 1.76. The molecule has 1 aromatic heterocycles. The van der Waals surface area contributed by atoms with E-state index in [1.807, 2.05) is 6.92 Å². The minimum absolute atomic E-state index is 0.0302. The Labute approximate surface area is 120 Å². The molecule has 110 valence electrons. The van der Waals surface area contributed by atoms with Crippen molar-refractivity contribution in [1.29, 1.82) is 0 Å². The smallest absolute Gasteiger partial charge is 0.251 e. The van der Waals surface area contributed by atoms with Crippen LogP contribution in [-0.2, 0) is 4.74 Å². The molecular weight excluding hydrogens is 252 g/mol. The maximum Gasteiger partial charge on any atom is 0.251 e. The van der Waals surface area contributed by atoms with Gasteiger partial charge in [0.15, 0.2) is 0 Å². The highest BCUT2D eigenvalue weighted by Crippen LogP contribution is 2.40. The van der Waals surface area contributed by atoms with Gasteiger partial charge < -0.3 is 9.72 Å². The molecule has 0 radical (unpaired) electrons. The Balaban J connectivity index is 1.87. The second kappa shape index (κ2) is 6.08. The zero-order valence-electron chi connectivity index (χ0n) is 12.2. The Hall–Kier alpha value is -1.16. The van der Waals surface area contributed by atoms with Crippen molar-refractivity contribution in [2.24, 2.45) is 5.92 Å². The summed E-state index contributed by atoms with van der Waals surface area (Å²) in [6.45, 7) is 2.68. The lowest BCUT2D eigenvalue weighted by Gasteiger charge is -2.29. The fourth-order valence-electron chi connectivity index (χ4n) is 3.27. The number of rotatable bonds is 5. The van der Waals surface area contributed by atoms with E-state index in [-0.39, 0.29) is 11.7 Å². The molecule has 2 aliphatic rings. The van der Waals surface area contributed by atoms with E-state index in [0.29, 0.717) is 18.4 Å². The lowest BCUT2D eigenvalue weighted by Crippen LogP contribution is -2.24. The van der Waals surface area contributed by atoms with Gasteiger partial charge in [-0.15, -0.1) is 0 Å². The molecule has 1 unspecified atom stereocenters. The third-order valence-corrected chi connectivity index (χ3v) is 4.47. The molecular formula is C16H24N2O2. The van der Waals surface area contributed by atoms with Crippen molar-refractivity contribution >= 4 is 0 Å². The number of aromatic amines is 1. The van der Waals surface area contributed by atoms with Crippen LogP contribution in [0.3, 0.4) is 0 Å². The van der Waals surface area contributed by atoms with E-state index in [1.54, 1.807) is 6.07 Å². The predicted molar refractivity (Wildman–Crippen MR) is 77.8 cm³/mol. The first kappa shape index (κ1) is 13.8. The molecule has 0 aromatic carbocycles. The third-order valence-electron chi connectivity index (χ3n) is 4.47. The van der Waals surface area contributed by atoms with Gasteiger partial charge in [0, 0.05) is 18.6 Å². The van der Waals surface area contributed by atoms with Crippen molar-refractivity contribution < 1.29 is 4.74 Å². The summed E-state index contributed by atoms with van der Waals surface area (Å²) < 4.78 is 5.95. The maximum absolute atomic E-state index is 11.9. The number of hydrogen-bond acceptors (Lipinski definition) is 3. The quantitative estimate of drug-likeness (QED) is 0.897. The van der Waals surface area contributed by atoms with Crippen molar-refractivity contribution in [1.82, 2.24) is 9.97 Å². The van der Waals surface area contributed by atoms with Crippen molar-refractivity contribution in [3.8, 4) is 0 Å². The van der Waals surface area contributed by atoms with Gasteiger partial charge in [-0.3, -0.25) is 4.79 Å². The summed E-state index contributed by atoms with van der Waals surface area (Å²) in [6, 6.07) is 1.66. The Kier molecular flexibility index (Phi) is 4.20. The van der Waals surface area contributed by atoms with E-state index in [0.717, 1.165) is 11.5 Å². The fourth-order valence-corrected chi connectivity index (χ4v) is 3.27. The molecule has 0 spiro atoms. The van der Waals surface area contributed by atoms with E-state index in [2.05, 4.69) is 4.98 Å². The van der Waals surface area contributed by atoms with Gasteiger partial charge >= 0.3 is 0 Å². The van der Waals surface area contributed by atoms with Crippen LogP contribution in [0.15, 0.2) is 10.9 Å². The normalized spacial score (nSPS) is 21.9. The molecule has 2 saturated carbocycles. The minimum atomic E-state index is -0.0355. The molecule has 4 heteroatoms. The molecule has 1 heterocycles. The lowest BCUT2D eigenvalue weighted by atomic mass is 9.85. The molecule has 0 saturated heterocycles. The first-order valence-electron chi connectivity index (χ1n) is 8.00. The highest BCUT2D eigenvalue weighted by Gasteiger charge is 2.30. The van der Waals surface area contributed by atoms with Gasteiger partial charge in [-0.1, -0.05) is 19.3 Å². The van der Waals surface area contributed by atoms with E-state index in [1.165, 1.54) is 44.9 Å². The molecule has 0 aliphatic heterocycles. The van der Waals surface area contributed by atoms with Crippen LogP contribution in [0.2, 0.25) is 0 Å². The van der Waals surface area contributed by atoms with Crippen LogP contribution in [0.1, 0.15) is 75.4 Å². The monoisotopic (exact) mass is 276 g/mol. The molecule has 2 fully saturated rings. The summed E-state index contributed by atoms with van der Waals surface area (Å²) in [5, 5.41) is 0. The summed E-state index contributed by atoms with van der Waals surface area (Å²) in [4.78, 5) is 19.5. The van der Waals surface area contributed by atoms with E-state index in [9.17, 15) is 4.79 Å². The highest BCUT2D eigenvalue weighted by molar-refractivity contribution is 5.15. The second-order valence-corrected chi connectivity index (χ2v) is 6.10. The molecule has 2 aliphatic carbocycles. The predicted octanol–water partition coefficient (Wildman–Crippen LogP) is 3.31. The second-order valence-electron chi connectivity index (χ2n) is 6.10. The molecule has 1 aromatic rings. The van der Waals surface area contributed by atoms with Crippen LogP contribution in [0.25, 0.3) is 0 Å². The Morgan fingerprint density at radius 3 is 2.70 bits per heavy atom. The van der Waals surface area contributed by atoms with Crippen molar-refractivity contribution in [3.63, 3.8) is 0 Å². The molecule has 3 rings (SSSR count). The standard InChI is InChI=1S/C16H24N2O2/c1-2-20-15(12-6-4-3-5-7-12)16-17-13(11-8-9-11)10-14(19)18-16/h10-12,15H,2-9H2,1H3,(H,17,18,19). The van der Waals surface area contributed by atoms with Crippen LogP contribution in [0.5, 0.6) is 0 Å². The summed E-state index contributed by atoms with van der Waals surface area (Å²) in [5.41, 5.74) is 0.932. The van der Waals surface area contributed by atoms with Crippen LogP contribution in [0.4, 0.5) is 0 Å². The average molecular weight is 276 g/mol. The van der Waals surface area contributed by atoms with E-state index >= 15 is 0 Å². The van der Waals surface area contributed by atoms with E-state index < -0.39 is 0 Å². The van der Waals surface area contributed by atoms with Crippen molar-refractivity contribution in [2.45, 2.75) is 63.9 Å². The zero-order valence-corrected chi connectivity index (χ0v) is 12.2. The van der Waals surface area contributed by atoms with Crippen LogP contribution >= 0.6 is 0 Å². The summed E-state index contributed by atoms with van der Waals surface area (Å²) in [6.07, 6.45) is 8.51. The molecule has 0 bridgehead atoms. The van der Waals surface area contributed by atoms with Crippen molar-refractivity contribution in [2.75, 3.05) is 6.61 Å². The van der Waals surface area contributed by atoms with Gasteiger partial charge in [-0.2, -0.15) is 0 Å². The average Bonchev–Trinajstić information content (AvgIpc) is 3.29. The summed E-state index contributed by atoms with van der Waals surface area (Å²) in [7, 11) is 0. The molecule has 4 nitrogen and oxygen atoms in total. The first-order chi connectivity index (χ1) is 9.78. The van der Waals surface area contributed by atoms with E-state index in [4.69, 9.17) is 9.72 Å². The molecule has 0 amide bonds. The number of hydrogen-bond donors (Lipinski definition) is 1. The highest BCUT2D eigenvalue weighted by atomic mass is 16.5. The minimum Gasteiger partial charge on any atom is -0.370 e. The number of H-pyrrole nitrogens is 1. The number of aromatic nitrogens is 2.